The molecule has 0 spiro atoms. The van der Waals surface area contributed by atoms with Gasteiger partial charge in [0.1, 0.15) is 12.6 Å². The second-order valence-electron chi connectivity index (χ2n) is 8.51. The number of anilines is 1. The minimum atomic E-state index is -3.48. The Hall–Kier alpha value is -3.79. The summed E-state index contributed by atoms with van der Waals surface area (Å²) < 4.78 is 27.9. The summed E-state index contributed by atoms with van der Waals surface area (Å²) in [4.78, 5) is 50.3. The van der Waals surface area contributed by atoms with Gasteiger partial charge in [0.25, 0.3) is 5.69 Å². The Balaban J connectivity index is 3.30. The number of nitrogens with two attached hydrogens (primary N) is 2. The standard InChI is InChI=1S/C21H33N7O8S/c1-13(2)17(22)19(30)27(21(31)36-11-12-37(3,34)35)16(5-4-10-25-20(23)24)18(29)26-14-6-8-15(9-7-14)28(32)33/h6-9,13,16-17H,4-5,10-12,22H2,1-3H3,(H,26,29)(H4,23,24,25)/t16-,17-/m0/s1. The number of non-ortho nitro benzene ring substituents is 1. The molecule has 1 rings (SSSR count). The minimum absolute atomic E-state index is 0.100. The highest BCUT2D eigenvalue weighted by Gasteiger charge is 2.39. The van der Waals surface area contributed by atoms with Crippen LogP contribution in [0.1, 0.15) is 26.7 Å². The van der Waals surface area contributed by atoms with E-state index in [-0.39, 0.29) is 36.7 Å². The van der Waals surface area contributed by atoms with Gasteiger partial charge in [-0.25, -0.2) is 18.1 Å². The lowest BCUT2D eigenvalue weighted by Gasteiger charge is -2.31. The van der Waals surface area contributed by atoms with Gasteiger partial charge in [-0.2, -0.15) is 0 Å². The van der Waals surface area contributed by atoms with Gasteiger partial charge in [0.2, 0.25) is 11.8 Å². The van der Waals surface area contributed by atoms with Crippen LogP contribution < -0.4 is 22.1 Å². The number of nitro benzene ring substituents is 1. The molecule has 0 aliphatic carbocycles. The molecule has 0 radical (unpaired) electrons. The minimum Gasteiger partial charge on any atom is -0.448 e. The summed E-state index contributed by atoms with van der Waals surface area (Å²) in [5.41, 5.74) is 11.2. The van der Waals surface area contributed by atoms with E-state index in [0.717, 1.165) is 6.26 Å². The quantitative estimate of drug-likeness (QED) is 0.0737. The summed E-state index contributed by atoms with van der Waals surface area (Å²) in [6.07, 6.45) is -0.236. The highest BCUT2D eigenvalue weighted by Crippen LogP contribution is 2.19. The molecule has 2 atom stereocenters. The van der Waals surface area contributed by atoms with Crippen molar-refractivity contribution in [2.45, 2.75) is 38.8 Å². The van der Waals surface area contributed by atoms with E-state index in [1.165, 1.54) is 24.3 Å². The van der Waals surface area contributed by atoms with Crippen molar-refractivity contribution < 1.29 is 32.5 Å². The molecule has 0 aliphatic rings. The maximum Gasteiger partial charge on any atom is 0.417 e. The van der Waals surface area contributed by atoms with E-state index in [1.807, 2.05) is 0 Å². The second-order valence-corrected chi connectivity index (χ2v) is 10.8. The number of guanidine groups is 1. The Morgan fingerprint density at radius 1 is 1.22 bits per heavy atom. The Kier molecular flexibility index (Phi) is 11.9. The number of sulfone groups is 1. The van der Waals surface area contributed by atoms with Crippen molar-refractivity contribution in [3.63, 3.8) is 0 Å². The number of nitrogens with zero attached hydrogens (tertiary/aromatic N) is 2. The van der Waals surface area contributed by atoms with Gasteiger partial charge in [-0.15, -0.1) is 0 Å². The van der Waals surface area contributed by atoms with Gasteiger partial charge < -0.3 is 26.8 Å². The summed E-state index contributed by atoms with van der Waals surface area (Å²) in [7, 11) is -3.48. The van der Waals surface area contributed by atoms with Crippen molar-refractivity contribution in [1.82, 2.24) is 10.2 Å². The molecule has 0 aromatic heterocycles. The van der Waals surface area contributed by atoms with Gasteiger partial charge in [-0.05, 0) is 30.9 Å². The van der Waals surface area contributed by atoms with Gasteiger partial charge in [-0.3, -0.25) is 25.1 Å². The molecule has 37 heavy (non-hydrogen) atoms. The number of ether oxygens (including phenoxy) is 1. The first-order valence-electron chi connectivity index (χ1n) is 11.2. The van der Waals surface area contributed by atoms with E-state index in [9.17, 15) is 32.9 Å². The van der Waals surface area contributed by atoms with Crippen LogP contribution in [0.3, 0.4) is 0 Å². The normalized spacial score (nSPS) is 12.8. The molecule has 0 fully saturated rings. The van der Waals surface area contributed by atoms with Gasteiger partial charge >= 0.3 is 6.09 Å². The fraction of sp³-hybridized carbons (Fsp3) is 0.524. The molecular weight excluding hydrogens is 510 g/mol. The average Bonchev–Trinajstić information content (AvgIpc) is 2.79. The molecule has 0 heterocycles. The monoisotopic (exact) mass is 543 g/mol. The average molecular weight is 544 g/mol. The number of hydrogen-bond donors (Lipinski definition) is 5. The third kappa shape index (κ3) is 10.8. The lowest BCUT2D eigenvalue weighted by molar-refractivity contribution is -0.384. The zero-order valence-corrected chi connectivity index (χ0v) is 21.6. The molecular formula is C21H33N7O8S. The van der Waals surface area contributed by atoms with Gasteiger partial charge in [0, 0.05) is 30.6 Å². The van der Waals surface area contributed by atoms with Crippen LogP contribution >= 0.6 is 0 Å². The number of amides is 3. The van der Waals surface area contributed by atoms with Crippen LogP contribution in [0.2, 0.25) is 0 Å². The molecule has 15 nitrogen and oxygen atoms in total. The smallest absolute Gasteiger partial charge is 0.417 e. The van der Waals surface area contributed by atoms with Gasteiger partial charge in [0.05, 0.1) is 16.7 Å². The van der Waals surface area contributed by atoms with E-state index in [1.54, 1.807) is 13.8 Å². The molecule has 3 amide bonds. The first kappa shape index (κ1) is 31.2. The zero-order chi connectivity index (χ0) is 28.3. The Labute approximate surface area is 214 Å². The van der Waals surface area contributed by atoms with Gasteiger partial charge in [0.15, 0.2) is 15.8 Å². The number of nitrogens with one attached hydrogen (secondary N) is 3. The van der Waals surface area contributed by atoms with Crippen molar-refractivity contribution in [3.8, 4) is 0 Å². The molecule has 206 valence electrons. The van der Waals surface area contributed by atoms with Crippen LogP contribution in [0.5, 0.6) is 0 Å². The number of carbonyl (C=O) groups is 3. The summed E-state index contributed by atoms with van der Waals surface area (Å²) >= 11 is 0. The number of imide groups is 1. The van der Waals surface area contributed by atoms with Crippen LogP contribution in [0.4, 0.5) is 16.2 Å². The van der Waals surface area contributed by atoms with Crippen molar-refractivity contribution in [2.24, 2.45) is 17.4 Å². The second kappa shape index (κ2) is 14.1. The van der Waals surface area contributed by atoms with Crippen LogP contribution in [0.15, 0.2) is 24.3 Å². The summed E-state index contributed by atoms with van der Waals surface area (Å²) in [5, 5.41) is 23.2. The van der Waals surface area contributed by atoms with E-state index in [4.69, 9.17) is 21.6 Å². The van der Waals surface area contributed by atoms with Crippen molar-refractivity contribution in [2.75, 3.05) is 30.5 Å². The predicted molar refractivity (Wildman–Crippen MR) is 135 cm³/mol. The third-order valence-corrected chi connectivity index (χ3v) is 5.96. The summed E-state index contributed by atoms with van der Waals surface area (Å²) in [6.45, 7) is 2.86. The van der Waals surface area contributed by atoms with E-state index in [2.05, 4.69) is 10.6 Å². The molecule has 7 N–H and O–H groups in total. The Morgan fingerprint density at radius 3 is 2.30 bits per heavy atom. The summed E-state index contributed by atoms with van der Waals surface area (Å²) in [5.74, 6) is -2.97. The molecule has 1 aromatic rings. The molecule has 0 aliphatic heterocycles. The van der Waals surface area contributed by atoms with E-state index < -0.39 is 63.0 Å². The van der Waals surface area contributed by atoms with E-state index >= 15 is 0 Å². The van der Waals surface area contributed by atoms with E-state index in [0.29, 0.717) is 4.90 Å². The van der Waals surface area contributed by atoms with Crippen LogP contribution in [0, 0.1) is 21.4 Å². The number of benzene rings is 1. The first-order chi connectivity index (χ1) is 17.1. The lowest BCUT2D eigenvalue weighted by atomic mass is 10.0. The van der Waals surface area contributed by atoms with Gasteiger partial charge in [-0.1, -0.05) is 13.8 Å². The largest absolute Gasteiger partial charge is 0.448 e. The SMILES string of the molecule is CC(C)[C@H](N)C(=O)N(C(=O)OCCS(C)(=O)=O)[C@@H](CCCNC(=N)N)C(=O)Nc1ccc([N+](=O)[O-])cc1. The van der Waals surface area contributed by atoms with Crippen molar-refractivity contribution >= 4 is 45.1 Å². The predicted octanol–water partition coefficient (Wildman–Crippen LogP) is 0.158. The lowest BCUT2D eigenvalue weighted by Crippen LogP contribution is -2.57. The van der Waals surface area contributed by atoms with Crippen LogP contribution in [-0.2, 0) is 24.2 Å². The maximum atomic E-state index is 13.3. The Morgan fingerprint density at radius 2 is 1.81 bits per heavy atom. The summed E-state index contributed by atoms with van der Waals surface area (Å²) in [6, 6.07) is 2.25. The van der Waals surface area contributed by atoms with Crippen molar-refractivity contribution in [3.05, 3.63) is 34.4 Å². The topological polar surface area (TPSA) is 241 Å². The number of rotatable bonds is 13. The first-order valence-corrected chi connectivity index (χ1v) is 13.3. The van der Waals surface area contributed by atoms with Crippen LogP contribution in [0.25, 0.3) is 0 Å². The molecule has 16 heteroatoms. The van der Waals surface area contributed by atoms with Crippen molar-refractivity contribution in [1.29, 1.82) is 5.41 Å². The molecule has 0 bridgehead atoms. The van der Waals surface area contributed by atoms with Crippen LogP contribution in [-0.4, -0.2) is 79.4 Å². The fourth-order valence-corrected chi connectivity index (χ4v) is 3.34. The fourth-order valence-electron chi connectivity index (χ4n) is 2.95. The molecule has 0 unspecified atom stereocenters. The maximum absolute atomic E-state index is 13.3. The molecule has 0 saturated heterocycles. The highest BCUT2D eigenvalue weighted by molar-refractivity contribution is 7.90. The Bertz CT molecular complexity index is 1090. The number of hydrogen-bond acceptors (Lipinski definition) is 10. The number of nitro groups is 1. The molecule has 0 saturated carbocycles. The molecule has 1 aromatic carbocycles. The third-order valence-electron chi connectivity index (χ3n) is 5.05. The number of carbonyl (C=O) groups excluding carboxylic acids is 3. The zero-order valence-electron chi connectivity index (χ0n) is 20.8. The highest BCUT2D eigenvalue weighted by atomic mass is 32.2.